The van der Waals surface area contributed by atoms with E-state index >= 15 is 0 Å². The fourth-order valence-electron chi connectivity index (χ4n) is 3.05. The number of ether oxygens (including phenoxy) is 1. The van der Waals surface area contributed by atoms with Crippen LogP contribution in [-0.2, 0) is 13.0 Å². The number of amides is 3. The summed E-state index contributed by atoms with van der Waals surface area (Å²) in [5, 5.41) is 6.15. The Morgan fingerprint density at radius 1 is 1.23 bits per heavy atom. The highest BCUT2D eigenvalue weighted by Gasteiger charge is 2.25. The van der Waals surface area contributed by atoms with Crippen LogP contribution >= 0.6 is 11.3 Å². The summed E-state index contributed by atoms with van der Waals surface area (Å²) in [6.07, 6.45) is 4.98. The number of hydrogen-bond acceptors (Lipinski definition) is 7. The predicted molar refractivity (Wildman–Crippen MR) is 113 cm³/mol. The number of para-hydroxylation sites is 2. The molecule has 1 aliphatic rings. The number of urea groups is 1. The molecule has 154 valence electrons. The van der Waals surface area contributed by atoms with Gasteiger partial charge in [0.25, 0.3) is 5.91 Å². The van der Waals surface area contributed by atoms with E-state index in [1.54, 1.807) is 4.90 Å². The van der Waals surface area contributed by atoms with Crippen LogP contribution in [-0.4, -0.2) is 44.9 Å². The largest absolute Gasteiger partial charge is 0.492 e. The number of aromatic nitrogens is 3. The molecule has 4 rings (SSSR count). The van der Waals surface area contributed by atoms with Crippen molar-refractivity contribution in [2.75, 3.05) is 23.8 Å². The highest BCUT2D eigenvalue weighted by atomic mass is 32.1. The molecule has 0 radical (unpaired) electrons. The fraction of sp³-hybridized carbons (Fsp3) is 0.250. The number of hydrogen-bond donors (Lipinski definition) is 2. The van der Waals surface area contributed by atoms with E-state index in [0.29, 0.717) is 42.7 Å². The Kier molecular flexibility index (Phi) is 5.84. The van der Waals surface area contributed by atoms with E-state index in [9.17, 15) is 9.59 Å². The lowest BCUT2D eigenvalue weighted by atomic mass is 10.2. The Morgan fingerprint density at radius 2 is 2.10 bits per heavy atom. The van der Waals surface area contributed by atoms with Crippen LogP contribution in [0.4, 0.5) is 15.6 Å². The minimum atomic E-state index is -0.365. The lowest BCUT2D eigenvalue weighted by Gasteiger charge is -2.26. The third-order valence-electron chi connectivity index (χ3n) is 4.46. The molecular weight excluding hydrogens is 404 g/mol. The number of carbonyl (C=O) groups is 2. The average Bonchev–Trinajstić information content (AvgIpc) is 3.17. The first kappa shape index (κ1) is 19.8. The molecule has 0 saturated carbocycles. The molecule has 0 atom stereocenters. The van der Waals surface area contributed by atoms with Crippen LogP contribution in [0.1, 0.15) is 28.0 Å². The predicted octanol–water partition coefficient (Wildman–Crippen LogP) is 3.17. The van der Waals surface area contributed by atoms with Crippen molar-refractivity contribution in [1.82, 2.24) is 19.9 Å². The number of fused-ring (bicyclic) bond motifs is 1. The number of nitrogens with one attached hydrogen (secondary N) is 2. The molecule has 2 N–H and O–H groups in total. The Bertz CT molecular complexity index is 1060. The summed E-state index contributed by atoms with van der Waals surface area (Å²) >= 11 is 1.36. The molecule has 3 aromatic rings. The molecule has 10 heteroatoms. The van der Waals surface area contributed by atoms with Gasteiger partial charge in [0.05, 0.1) is 30.7 Å². The van der Waals surface area contributed by atoms with Crippen molar-refractivity contribution in [2.45, 2.75) is 19.9 Å². The normalized spacial score (nSPS) is 12.8. The van der Waals surface area contributed by atoms with Gasteiger partial charge in [-0.3, -0.25) is 15.1 Å². The molecule has 0 spiro atoms. The first-order valence-corrected chi connectivity index (χ1v) is 10.3. The van der Waals surface area contributed by atoms with E-state index < -0.39 is 0 Å². The molecule has 9 nitrogen and oxygen atoms in total. The van der Waals surface area contributed by atoms with Crippen LogP contribution in [0.25, 0.3) is 0 Å². The number of carbonyl (C=O) groups excluding carboxylic acids is 2. The molecule has 1 aliphatic heterocycles. The van der Waals surface area contributed by atoms with Gasteiger partial charge in [0.2, 0.25) is 0 Å². The molecule has 0 aliphatic carbocycles. The van der Waals surface area contributed by atoms with E-state index in [1.807, 2.05) is 31.2 Å². The number of nitrogens with zero attached hydrogens (tertiary/aromatic N) is 4. The smallest absolute Gasteiger partial charge is 0.322 e. The van der Waals surface area contributed by atoms with Crippen LogP contribution in [0.3, 0.4) is 0 Å². The van der Waals surface area contributed by atoms with E-state index in [-0.39, 0.29) is 17.6 Å². The molecule has 30 heavy (non-hydrogen) atoms. The maximum absolute atomic E-state index is 12.8. The Morgan fingerprint density at radius 3 is 2.90 bits per heavy atom. The maximum atomic E-state index is 12.8. The Labute approximate surface area is 177 Å². The second-order valence-corrected chi connectivity index (χ2v) is 7.55. The zero-order valence-corrected chi connectivity index (χ0v) is 17.1. The molecule has 0 unspecified atom stereocenters. The molecule has 0 bridgehead atoms. The highest BCUT2D eigenvalue weighted by Crippen LogP contribution is 2.30. The summed E-state index contributed by atoms with van der Waals surface area (Å²) in [5.74, 6) is 0.272. The topological polar surface area (TPSA) is 109 Å². The van der Waals surface area contributed by atoms with Crippen LogP contribution in [0.2, 0.25) is 0 Å². The molecule has 3 heterocycles. The van der Waals surface area contributed by atoms with Gasteiger partial charge >= 0.3 is 6.03 Å². The lowest BCUT2D eigenvalue weighted by molar-refractivity contribution is 0.102. The van der Waals surface area contributed by atoms with Gasteiger partial charge in [-0.1, -0.05) is 23.5 Å². The summed E-state index contributed by atoms with van der Waals surface area (Å²) in [6, 6.07) is 7.14. The fourth-order valence-corrected chi connectivity index (χ4v) is 4.06. The molecule has 0 saturated heterocycles. The number of thiazole rings is 1. The average molecular weight is 424 g/mol. The van der Waals surface area contributed by atoms with Crippen molar-refractivity contribution in [3.05, 3.63) is 59.1 Å². The van der Waals surface area contributed by atoms with Crippen LogP contribution in [0, 0.1) is 0 Å². The zero-order valence-electron chi connectivity index (χ0n) is 16.3. The summed E-state index contributed by atoms with van der Waals surface area (Å²) in [5.41, 5.74) is 1.75. The van der Waals surface area contributed by atoms with E-state index in [4.69, 9.17) is 4.74 Å². The van der Waals surface area contributed by atoms with Gasteiger partial charge in [-0.15, -0.1) is 0 Å². The monoisotopic (exact) mass is 424 g/mol. The van der Waals surface area contributed by atoms with Gasteiger partial charge in [-0.25, -0.2) is 14.8 Å². The lowest BCUT2D eigenvalue weighted by Crippen LogP contribution is -2.38. The molecular formula is C20H20N6O3S. The van der Waals surface area contributed by atoms with Gasteiger partial charge in [0, 0.05) is 30.2 Å². The maximum Gasteiger partial charge on any atom is 0.322 e. The van der Waals surface area contributed by atoms with Crippen molar-refractivity contribution < 1.29 is 14.3 Å². The van der Waals surface area contributed by atoms with Crippen molar-refractivity contribution in [1.29, 1.82) is 0 Å². The Balaban J connectivity index is 1.41. The van der Waals surface area contributed by atoms with Crippen LogP contribution < -0.4 is 15.4 Å². The van der Waals surface area contributed by atoms with Crippen LogP contribution in [0.5, 0.6) is 5.75 Å². The van der Waals surface area contributed by atoms with E-state index in [2.05, 4.69) is 25.6 Å². The van der Waals surface area contributed by atoms with Crippen molar-refractivity contribution >= 4 is 34.1 Å². The number of benzene rings is 1. The van der Waals surface area contributed by atoms with E-state index in [1.165, 1.54) is 29.9 Å². The van der Waals surface area contributed by atoms with Crippen molar-refractivity contribution in [3.63, 3.8) is 0 Å². The van der Waals surface area contributed by atoms with Gasteiger partial charge in [0.15, 0.2) is 5.13 Å². The van der Waals surface area contributed by atoms with Gasteiger partial charge in [-0.2, -0.15) is 0 Å². The minimum absolute atomic E-state index is 0.202. The molecule has 1 aromatic carbocycles. The first-order chi connectivity index (χ1) is 14.6. The SMILES string of the molecule is CCOc1ccccc1NC(=O)N1CCc2nc(NC(=O)c3cnccn3)sc2C1. The van der Waals surface area contributed by atoms with E-state index in [0.717, 1.165) is 10.6 Å². The third kappa shape index (κ3) is 4.38. The quantitative estimate of drug-likeness (QED) is 0.651. The van der Waals surface area contributed by atoms with Gasteiger partial charge in [-0.05, 0) is 19.1 Å². The van der Waals surface area contributed by atoms with Gasteiger partial charge < -0.3 is 15.0 Å². The number of anilines is 2. The first-order valence-electron chi connectivity index (χ1n) is 9.47. The Hall–Kier alpha value is -3.53. The standard InChI is InChI=1S/C20H20N6O3S/c1-2-29-16-6-4-3-5-13(16)24-20(28)26-10-7-14-17(12-26)30-19(23-14)25-18(27)15-11-21-8-9-22-15/h3-6,8-9,11H,2,7,10,12H2,1H3,(H,24,28)(H,23,25,27). The summed E-state index contributed by atoms with van der Waals surface area (Å²) in [6.45, 7) is 3.38. The van der Waals surface area contributed by atoms with Crippen molar-refractivity contribution in [3.8, 4) is 5.75 Å². The molecule has 3 amide bonds. The summed E-state index contributed by atoms with van der Waals surface area (Å²) < 4.78 is 5.57. The van der Waals surface area contributed by atoms with Crippen LogP contribution in [0.15, 0.2) is 42.9 Å². The highest BCUT2D eigenvalue weighted by molar-refractivity contribution is 7.15. The number of rotatable bonds is 5. The second kappa shape index (κ2) is 8.87. The van der Waals surface area contributed by atoms with Gasteiger partial charge in [0.1, 0.15) is 11.4 Å². The van der Waals surface area contributed by atoms with Crippen molar-refractivity contribution in [2.24, 2.45) is 0 Å². The summed E-state index contributed by atoms with van der Waals surface area (Å²) in [7, 11) is 0. The third-order valence-corrected chi connectivity index (χ3v) is 5.46. The minimum Gasteiger partial charge on any atom is -0.492 e. The second-order valence-electron chi connectivity index (χ2n) is 6.46. The summed E-state index contributed by atoms with van der Waals surface area (Å²) in [4.78, 5) is 40.1. The zero-order chi connectivity index (χ0) is 20.9. The molecule has 2 aromatic heterocycles. The molecule has 0 fully saturated rings.